The third-order valence-corrected chi connectivity index (χ3v) is 7.61. The molecule has 8 nitrogen and oxygen atoms in total. The molecular formula is C31H31ClN4O4S. The van der Waals surface area contributed by atoms with Crippen LogP contribution in [0.3, 0.4) is 0 Å². The molecule has 4 aromatic carbocycles. The summed E-state index contributed by atoms with van der Waals surface area (Å²) in [7, 11) is 4.95. The average molecular weight is 591 g/mol. The van der Waals surface area contributed by atoms with Crippen LogP contribution in [0.4, 0.5) is 11.4 Å². The highest BCUT2D eigenvalue weighted by Crippen LogP contribution is 2.32. The van der Waals surface area contributed by atoms with Crippen LogP contribution in [0.1, 0.15) is 20.7 Å². The van der Waals surface area contributed by atoms with Gasteiger partial charge in [-0.25, -0.2) is 4.72 Å². The molecule has 0 radical (unpaired) electrons. The number of ether oxygens (including phenoxy) is 1. The molecule has 0 bridgehead atoms. The number of hydrogen-bond donors (Lipinski definition) is 3. The number of hydrogen-bond acceptors (Lipinski definition) is 6. The summed E-state index contributed by atoms with van der Waals surface area (Å²) in [4.78, 5) is 26.8. The smallest absolute Gasteiger partial charge is 0.253 e. The van der Waals surface area contributed by atoms with E-state index in [0.717, 1.165) is 16.8 Å². The fourth-order valence-corrected chi connectivity index (χ4v) is 5.31. The Balaban J connectivity index is 1.41. The van der Waals surface area contributed by atoms with Crippen LogP contribution in [-0.2, 0) is 11.4 Å². The lowest BCUT2D eigenvalue weighted by Gasteiger charge is -2.16. The van der Waals surface area contributed by atoms with E-state index >= 15 is 0 Å². The van der Waals surface area contributed by atoms with Crippen LogP contribution in [0.5, 0.6) is 5.75 Å². The van der Waals surface area contributed by atoms with Crippen LogP contribution in [0.25, 0.3) is 11.1 Å². The van der Waals surface area contributed by atoms with Gasteiger partial charge in [0.15, 0.2) is 5.75 Å². The van der Waals surface area contributed by atoms with Gasteiger partial charge in [-0.05, 0) is 59.7 Å². The lowest BCUT2D eigenvalue weighted by Crippen LogP contribution is -2.28. The molecule has 4 aromatic rings. The van der Waals surface area contributed by atoms with Crippen molar-refractivity contribution in [3.8, 4) is 16.9 Å². The number of carbonyl (C=O) groups excluding carboxylic acids is 2. The van der Waals surface area contributed by atoms with E-state index in [4.69, 9.17) is 16.3 Å². The molecule has 10 heteroatoms. The zero-order valence-electron chi connectivity index (χ0n) is 22.9. The number of halogens is 1. The number of nitrogens with one attached hydrogen (secondary N) is 3. The fourth-order valence-electron chi connectivity index (χ4n) is 4.07. The summed E-state index contributed by atoms with van der Waals surface area (Å²) >= 11 is 4.44. The monoisotopic (exact) mass is 590 g/mol. The van der Waals surface area contributed by atoms with E-state index in [9.17, 15) is 14.1 Å². The van der Waals surface area contributed by atoms with Crippen LogP contribution in [0, 0.1) is 0 Å². The van der Waals surface area contributed by atoms with Gasteiger partial charge in [0.1, 0.15) is 11.4 Å². The Bertz CT molecular complexity index is 1530. The van der Waals surface area contributed by atoms with Crippen molar-refractivity contribution in [2.45, 2.75) is 4.90 Å². The van der Waals surface area contributed by atoms with Crippen LogP contribution in [0.15, 0.2) is 95.9 Å². The SMILES string of the molecule is COc1ccc(-c2cccc(C(=O)N(C)C)c2)cc1[S+]([O-])Nc1cccc(NCCNC(=O)c2ccccc2Cl)c1. The first-order valence-corrected chi connectivity index (χ1v) is 14.3. The Labute approximate surface area is 248 Å². The van der Waals surface area contributed by atoms with Crippen molar-refractivity contribution in [1.82, 2.24) is 10.2 Å². The molecule has 0 heterocycles. The lowest BCUT2D eigenvalue weighted by molar-refractivity contribution is 0.0827. The highest BCUT2D eigenvalue weighted by atomic mass is 35.5. The van der Waals surface area contributed by atoms with E-state index in [1.54, 1.807) is 56.6 Å². The molecule has 4 rings (SSSR count). The minimum atomic E-state index is -1.64. The molecule has 1 atom stereocenters. The molecule has 0 fully saturated rings. The van der Waals surface area contributed by atoms with Gasteiger partial charge < -0.3 is 24.8 Å². The van der Waals surface area contributed by atoms with Crippen molar-refractivity contribution < 1.29 is 18.9 Å². The maximum atomic E-state index is 13.4. The van der Waals surface area contributed by atoms with Crippen molar-refractivity contribution in [3.05, 3.63) is 107 Å². The Kier molecular flexibility index (Phi) is 10.1. The molecule has 0 saturated heterocycles. The molecule has 1 unspecified atom stereocenters. The lowest BCUT2D eigenvalue weighted by atomic mass is 10.0. The van der Waals surface area contributed by atoms with Crippen molar-refractivity contribution in [2.24, 2.45) is 0 Å². The molecular weight excluding hydrogens is 560 g/mol. The van der Waals surface area contributed by atoms with Crippen molar-refractivity contribution in [2.75, 3.05) is 44.3 Å². The number of anilines is 2. The standard InChI is InChI=1S/C31H31ClN4O4S/c1-36(2)31(38)23-9-6-8-21(18-23)22-14-15-28(40-3)29(19-22)41(39)35-25-11-7-10-24(20-25)33-16-17-34-30(37)26-12-4-5-13-27(26)32/h4-15,18-20,33,35H,16-17H2,1-3H3,(H,34,37). The van der Waals surface area contributed by atoms with Gasteiger partial charge in [-0.2, -0.15) is 0 Å². The number of amides is 2. The summed E-state index contributed by atoms with van der Waals surface area (Å²) in [5.74, 6) is 0.140. The zero-order chi connectivity index (χ0) is 29.4. The molecule has 3 N–H and O–H groups in total. The minimum Gasteiger partial charge on any atom is -0.588 e. The summed E-state index contributed by atoms with van der Waals surface area (Å²) in [6.07, 6.45) is 0. The van der Waals surface area contributed by atoms with E-state index in [1.165, 1.54) is 12.0 Å². The second-order valence-electron chi connectivity index (χ2n) is 9.26. The normalized spacial score (nSPS) is 11.3. The number of nitrogens with zero attached hydrogens (tertiary/aromatic N) is 1. The van der Waals surface area contributed by atoms with Crippen LogP contribution in [-0.4, -0.2) is 55.6 Å². The van der Waals surface area contributed by atoms with E-state index < -0.39 is 11.4 Å². The van der Waals surface area contributed by atoms with Gasteiger partial charge >= 0.3 is 0 Å². The first-order chi connectivity index (χ1) is 19.8. The first-order valence-electron chi connectivity index (χ1n) is 12.8. The van der Waals surface area contributed by atoms with E-state index in [1.807, 2.05) is 48.5 Å². The third kappa shape index (κ3) is 7.73. The molecule has 0 aliphatic carbocycles. The molecule has 2 amide bonds. The van der Waals surface area contributed by atoms with Gasteiger partial charge in [-0.1, -0.05) is 48.0 Å². The van der Waals surface area contributed by atoms with Crippen LogP contribution in [0.2, 0.25) is 5.02 Å². The summed E-state index contributed by atoms with van der Waals surface area (Å²) in [5, 5.41) is 6.49. The molecule has 0 aromatic heterocycles. The molecule has 0 saturated carbocycles. The summed E-state index contributed by atoms with van der Waals surface area (Å²) in [6, 6.07) is 27.0. The van der Waals surface area contributed by atoms with Gasteiger partial charge in [0.05, 0.1) is 23.4 Å². The highest BCUT2D eigenvalue weighted by molar-refractivity contribution is 7.92. The summed E-state index contributed by atoms with van der Waals surface area (Å²) in [5.41, 5.74) is 4.06. The van der Waals surface area contributed by atoms with Crippen molar-refractivity contribution in [1.29, 1.82) is 0 Å². The quantitative estimate of drug-likeness (QED) is 0.153. The second-order valence-corrected chi connectivity index (χ2v) is 10.8. The molecule has 0 aliphatic rings. The third-order valence-electron chi connectivity index (χ3n) is 6.14. The summed E-state index contributed by atoms with van der Waals surface area (Å²) < 4.78 is 22.0. The topological polar surface area (TPSA) is 106 Å². The zero-order valence-corrected chi connectivity index (χ0v) is 24.5. The van der Waals surface area contributed by atoms with Crippen LogP contribution < -0.4 is 20.1 Å². The number of rotatable bonds is 11. The number of carbonyl (C=O) groups is 2. The van der Waals surface area contributed by atoms with E-state index in [0.29, 0.717) is 45.6 Å². The Morgan fingerprint density at radius 1 is 0.878 bits per heavy atom. The van der Waals surface area contributed by atoms with Gasteiger partial charge in [0.25, 0.3) is 11.8 Å². The van der Waals surface area contributed by atoms with E-state index in [2.05, 4.69) is 15.4 Å². The average Bonchev–Trinajstić information content (AvgIpc) is 2.99. The van der Waals surface area contributed by atoms with Crippen LogP contribution >= 0.6 is 11.6 Å². The van der Waals surface area contributed by atoms with Crippen molar-refractivity contribution in [3.63, 3.8) is 0 Å². The summed E-state index contributed by atoms with van der Waals surface area (Å²) in [6.45, 7) is 0.868. The Morgan fingerprint density at radius 3 is 2.37 bits per heavy atom. The molecule has 41 heavy (non-hydrogen) atoms. The number of methoxy groups -OCH3 is 1. The predicted octanol–water partition coefficient (Wildman–Crippen LogP) is 5.69. The maximum absolute atomic E-state index is 13.4. The molecule has 212 valence electrons. The second kappa shape index (κ2) is 13.9. The van der Waals surface area contributed by atoms with Gasteiger partial charge in [-0.3, -0.25) is 9.59 Å². The molecule has 0 aliphatic heterocycles. The van der Waals surface area contributed by atoms with Gasteiger partial charge in [-0.15, -0.1) is 0 Å². The predicted molar refractivity (Wildman–Crippen MR) is 165 cm³/mol. The van der Waals surface area contributed by atoms with Crippen molar-refractivity contribution >= 4 is 46.2 Å². The number of benzene rings is 4. The highest BCUT2D eigenvalue weighted by Gasteiger charge is 2.20. The molecule has 0 spiro atoms. The Morgan fingerprint density at radius 2 is 1.61 bits per heavy atom. The Hall–Kier alpha value is -4.18. The largest absolute Gasteiger partial charge is 0.588 e. The van der Waals surface area contributed by atoms with Gasteiger partial charge in [0, 0.05) is 44.5 Å². The fraction of sp³-hybridized carbons (Fsp3) is 0.161. The van der Waals surface area contributed by atoms with E-state index in [-0.39, 0.29) is 11.8 Å². The maximum Gasteiger partial charge on any atom is 0.253 e. The first kappa shape index (κ1) is 29.8. The minimum absolute atomic E-state index is 0.0951. The van der Waals surface area contributed by atoms with Gasteiger partial charge in [0.2, 0.25) is 4.90 Å².